The first kappa shape index (κ1) is 24.8. The molecule has 0 saturated carbocycles. The first-order valence-electron chi connectivity index (χ1n) is 14.4. The predicted octanol–water partition coefficient (Wildman–Crippen LogP) is 9.15. The van der Waals surface area contributed by atoms with Crippen LogP contribution in [0.4, 0.5) is 0 Å². The molecule has 6 nitrogen and oxygen atoms in total. The van der Waals surface area contributed by atoms with Gasteiger partial charge in [0.1, 0.15) is 11.0 Å². The fraction of sp³-hybridized carbons (Fsp3) is 0. The third-order valence-corrected chi connectivity index (χ3v) is 8.52. The Morgan fingerprint density at radius 3 is 1.89 bits per heavy atom. The number of rotatable bonds is 4. The van der Waals surface area contributed by atoms with E-state index in [1.165, 1.54) is 0 Å². The average Bonchev–Trinajstić information content (AvgIpc) is 3.76. The van der Waals surface area contributed by atoms with Gasteiger partial charge in [-0.05, 0) is 36.4 Å². The topological polar surface area (TPSA) is 52.9 Å². The minimum atomic E-state index is 0.527. The molecule has 0 aliphatic heterocycles. The Kier molecular flexibility index (Phi) is 5.45. The highest BCUT2D eigenvalue weighted by molar-refractivity contribution is 6.29. The second-order valence-corrected chi connectivity index (χ2v) is 11.2. The van der Waals surface area contributed by atoms with Gasteiger partial charge >= 0.3 is 0 Å². The first-order chi connectivity index (χ1) is 21.7. The lowest BCUT2D eigenvalue weighted by molar-refractivity contribution is 1.03. The van der Waals surface area contributed by atoms with Crippen LogP contribution in [0.5, 0.6) is 0 Å². The van der Waals surface area contributed by atoms with Crippen LogP contribution >= 0.6 is 11.6 Å². The number of aromatic nitrogens is 6. The van der Waals surface area contributed by atoms with Gasteiger partial charge in [-0.3, -0.25) is 13.5 Å². The van der Waals surface area contributed by atoms with E-state index in [9.17, 15) is 0 Å². The highest BCUT2D eigenvalue weighted by atomic mass is 35.5. The van der Waals surface area contributed by atoms with E-state index >= 15 is 0 Å². The molecule has 9 rings (SSSR count). The maximum atomic E-state index is 6.67. The molecular formula is C37H23ClN6. The normalized spacial score (nSPS) is 11.8. The summed E-state index contributed by atoms with van der Waals surface area (Å²) in [7, 11) is 0. The van der Waals surface area contributed by atoms with Gasteiger partial charge in [-0.15, -0.1) is 0 Å². The van der Waals surface area contributed by atoms with Crippen molar-refractivity contribution in [3.63, 3.8) is 0 Å². The van der Waals surface area contributed by atoms with Gasteiger partial charge in [0.2, 0.25) is 0 Å². The predicted molar refractivity (Wildman–Crippen MR) is 178 cm³/mol. The molecule has 0 amide bonds. The van der Waals surface area contributed by atoms with Crippen molar-refractivity contribution in [2.75, 3.05) is 0 Å². The monoisotopic (exact) mass is 586 g/mol. The van der Waals surface area contributed by atoms with E-state index in [0.29, 0.717) is 10.8 Å². The van der Waals surface area contributed by atoms with Gasteiger partial charge in [-0.1, -0.05) is 103 Å². The maximum Gasteiger partial charge on any atom is 0.182 e. The number of para-hydroxylation sites is 5. The molecule has 0 spiro atoms. The molecule has 0 saturated heterocycles. The number of imidazole rings is 2. The van der Waals surface area contributed by atoms with Crippen LogP contribution in [-0.2, 0) is 0 Å². The minimum Gasteiger partial charge on any atom is -0.292 e. The first-order valence-corrected chi connectivity index (χ1v) is 14.8. The summed E-state index contributed by atoms with van der Waals surface area (Å²) in [6.45, 7) is 0. The van der Waals surface area contributed by atoms with Crippen LogP contribution in [0, 0.1) is 0 Å². The van der Waals surface area contributed by atoms with E-state index < -0.39 is 0 Å². The van der Waals surface area contributed by atoms with Gasteiger partial charge in [-0.2, -0.15) is 0 Å². The van der Waals surface area contributed by atoms with Crippen LogP contribution in [0.3, 0.4) is 0 Å². The largest absolute Gasteiger partial charge is 0.292 e. The van der Waals surface area contributed by atoms with Crippen molar-refractivity contribution in [3.8, 4) is 34.2 Å². The van der Waals surface area contributed by atoms with Gasteiger partial charge in [0.05, 0.1) is 34.0 Å². The number of halogens is 1. The molecule has 0 aliphatic carbocycles. The molecule has 7 heteroatoms. The number of hydrogen-bond acceptors (Lipinski definition) is 3. The molecule has 0 aliphatic rings. The number of benzene rings is 5. The van der Waals surface area contributed by atoms with Crippen LogP contribution in [0.1, 0.15) is 0 Å². The standard InChI is InChI=1S/C37H23ClN6/c38-34-22-39-36-37(44-31-15-7-4-12-27(31)28-13-5-8-16-32(28)44)41-30(23-42(34)36)24-18-20-25(21-19-24)35-40-29-14-6-9-17-33(29)43(35)26-10-2-1-3-11-26/h1-23H. The second-order valence-electron chi connectivity index (χ2n) is 10.8. The zero-order valence-electron chi connectivity index (χ0n) is 23.3. The highest BCUT2D eigenvalue weighted by Gasteiger charge is 2.19. The lowest BCUT2D eigenvalue weighted by Crippen LogP contribution is -2.04. The van der Waals surface area contributed by atoms with Crippen LogP contribution < -0.4 is 0 Å². The third kappa shape index (κ3) is 3.71. The molecule has 4 aromatic heterocycles. The summed E-state index contributed by atoms with van der Waals surface area (Å²) in [6, 6.07) is 43.8. The lowest BCUT2D eigenvalue weighted by Gasteiger charge is -2.12. The third-order valence-electron chi connectivity index (χ3n) is 8.24. The Balaban J connectivity index is 1.23. The molecular weight excluding hydrogens is 564 g/mol. The second kappa shape index (κ2) is 9.66. The average molecular weight is 587 g/mol. The Morgan fingerprint density at radius 2 is 1.16 bits per heavy atom. The Morgan fingerprint density at radius 1 is 0.545 bits per heavy atom. The van der Waals surface area contributed by atoms with Gasteiger partial charge in [0, 0.05) is 33.8 Å². The van der Waals surface area contributed by atoms with Gasteiger partial charge in [0.15, 0.2) is 11.5 Å². The zero-order chi connectivity index (χ0) is 29.2. The van der Waals surface area contributed by atoms with E-state index in [4.69, 9.17) is 21.6 Å². The van der Waals surface area contributed by atoms with Crippen LogP contribution in [-0.4, -0.2) is 28.5 Å². The number of fused-ring (bicyclic) bond motifs is 5. The summed E-state index contributed by atoms with van der Waals surface area (Å²) < 4.78 is 6.30. The fourth-order valence-corrected chi connectivity index (χ4v) is 6.41. The lowest BCUT2D eigenvalue weighted by atomic mass is 10.1. The highest BCUT2D eigenvalue weighted by Crippen LogP contribution is 2.35. The molecule has 0 atom stereocenters. The summed E-state index contributed by atoms with van der Waals surface area (Å²) in [5, 5.41) is 2.85. The van der Waals surface area contributed by atoms with Crippen molar-refractivity contribution in [1.29, 1.82) is 0 Å². The van der Waals surface area contributed by atoms with Gasteiger partial charge in [-0.25, -0.2) is 15.0 Å². The minimum absolute atomic E-state index is 0.527. The van der Waals surface area contributed by atoms with Crippen LogP contribution in [0.2, 0.25) is 5.15 Å². The van der Waals surface area contributed by atoms with E-state index in [1.54, 1.807) is 6.20 Å². The van der Waals surface area contributed by atoms with E-state index in [2.05, 4.69) is 123 Å². The van der Waals surface area contributed by atoms with Crippen molar-refractivity contribution >= 4 is 50.1 Å². The molecule has 0 fully saturated rings. The molecule has 4 heterocycles. The van der Waals surface area contributed by atoms with Crippen molar-refractivity contribution in [2.24, 2.45) is 0 Å². The SMILES string of the molecule is Clc1cnc2c(-n3c4ccccc4c4ccccc43)nc(-c3ccc(-c4nc5ccccc5n4-c4ccccc4)cc3)cn12. The molecule has 5 aromatic carbocycles. The summed E-state index contributed by atoms with van der Waals surface area (Å²) >= 11 is 6.67. The quantitative estimate of drug-likeness (QED) is 0.207. The van der Waals surface area contributed by atoms with Crippen molar-refractivity contribution in [2.45, 2.75) is 0 Å². The van der Waals surface area contributed by atoms with E-state index in [1.807, 2.05) is 28.8 Å². The summed E-state index contributed by atoms with van der Waals surface area (Å²) in [5.74, 6) is 1.61. The summed E-state index contributed by atoms with van der Waals surface area (Å²) in [5.41, 5.74) is 8.67. The molecule has 0 bridgehead atoms. The van der Waals surface area contributed by atoms with Crippen molar-refractivity contribution in [1.82, 2.24) is 28.5 Å². The smallest absolute Gasteiger partial charge is 0.182 e. The van der Waals surface area contributed by atoms with Gasteiger partial charge in [0.25, 0.3) is 0 Å². The Hall–Kier alpha value is -5.72. The van der Waals surface area contributed by atoms with Gasteiger partial charge < -0.3 is 0 Å². The van der Waals surface area contributed by atoms with Crippen LogP contribution in [0.25, 0.3) is 72.6 Å². The number of nitrogens with zero attached hydrogens (tertiary/aromatic N) is 6. The molecule has 0 radical (unpaired) electrons. The zero-order valence-corrected chi connectivity index (χ0v) is 24.1. The van der Waals surface area contributed by atoms with Crippen molar-refractivity contribution < 1.29 is 0 Å². The number of hydrogen-bond donors (Lipinski definition) is 0. The molecule has 9 aromatic rings. The molecule has 0 N–H and O–H groups in total. The van der Waals surface area contributed by atoms with Crippen LogP contribution in [0.15, 0.2) is 140 Å². The summed E-state index contributed by atoms with van der Waals surface area (Å²) in [4.78, 5) is 14.9. The Labute approximate surface area is 257 Å². The van der Waals surface area contributed by atoms with Crippen molar-refractivity contribution in [3.05, 3.63) is 145 Å². The fourth-order valence-electron chi connectivity index (χ4n) is 6.23. The molecule has 208 valence electrons. The molecule has 44 heavy (non-hydrogen) atoms. The van der Waals surface area contributed by atoms with E-state index in [-0.39, 0.29) is 0 Å². The van der Waals surface area contributed by atoms with E-state index in [0.717, 1.165) is 67.0 Å². The Bertz CT molecular complexity index is 2450. The molecule has 0 unspecified atom stereocenters. The maximum absolute atomic E-state index is 6.67. The summed E-state index contributed by atoms with van der Waals surface area (Å²) in [6.07, 6.45) is 3.63.